The number of imidazole rings is 1. The van der Waals surface area contributed by atoms with E-state index < -0.39 is 0 Å². The first-order chi connectivity index (χ1) is 11.2. The van der Waals surface area contributed by atoms with Crippen molar-refractivity contribution in [3.05, 3.63) is 35.9 Å². The van der Waals surface area contributed by atoms with Crippen LogP contribution < -0.4 is 4.90 Å². The van der Waals surface area contributed by atoms with Gasteiger partial charge in [-0.1, -0.05) is 6.92 Å². The molecule has 0 N–H and O–H groups in total. The predicted octanol–water partition coefficient (Wildman–Crippen LogP) is 2.34. The molecule has 0 bridgehead atoms. The molecule has 0 aliphatic carbocycles. The molecule has 1 aliphatic heterocycles. The number of fused-ring (bicyclic) bond motifs is 3. The Kier molecular flexibility index (Phi) is 3.41. The summed E-state index contributed by atoms with van der Waals surface area (Å²) in [6, 6.07) is 3.44. The lowest BCUT2D eigenvalue weighted by molar-refractivity contribution is 0.312. The Bertz CT molecular complexity index is 864. The first-order valence-electron chi connectivity index (χ1n) is 8.06. The summed E-state index contributed by atoms with van der Waals surface area (Å²) in [4.78, 5) is 13.8. The minimum absolute atomic E-state index is 0.184. The van der Waals surface area contributed by atoms with Gasteiger partial charge in [0.1, 0.15) is 5.82 Å². The Morgan fingerprint density at radius 1 is 1.17 bits per heavy atom. The monoisotopic (exact) mass is 313 g/mol. The average Bonchev–Trinajstić information content (AvgIpc) is 3.04. The fourth-order valence-corrected chi connectivity index (χ4v) is 3.21. The van der Waals surface area contributed by atoms with Crippen LogP contribution >= 0.6 is 0 Å². The van der Waals surface area contributed by atoms with E-state index in [-0.39, 0.29) is 5.82 Å². The lowest BCUT2D eigenvalue weighted by Gasteiger charge is -2.33. The number of nitrogens with zero attached hydrogens (tertiary/aromatic N) is 5. The molecular formula is C17H20FN5. The fourth-order valence-electron chi connectivity index (χ4n) is 3.21. The highest BCUT2D eigenvalue weighted by molar-refractivity contribution is 5.84. The molecule has 0 saturated carbocycles. The van der Waals surface area contributed by atoms with E-state index in [1.54, 1.807) is 12.3 Å². The van der Waals surface area contributed by atoms with Crippen molar-refractivity contribution in [2.75, 3.05) is 38.1 Å². The summed E-state index contributed by atoms with van der Waals surface area (Å²) in [7, 11) is 2.12. The van der Waals surface area contributed by atoms with Crippen molar-refractivity contribution in [1.82, 2.24) is 19.3 Å². The molecule has 0 spiro atoms. The number of likely N-dealkylation sites (N-methyl/N-ethyl adjacent to an activating group) is 1. The van der Waals surface area contributed by atoms with Crippen molar-refractivity contribution >= 4 is 22.5 Å². The van der Waals surface area contributed by atoms with Crippen LogP contribution in [0.2, 0.25) is 0 Å². The van der Waals surface area contributed by atoms with Crippen LogP contribution in [0.5, 0.6) is 0 Å². The van der Waals surface area contributed by atoms with Crippen molar-refractivity contribution in [3.8, 4) is 0 Å². The molecule has 1 aromatic carbocycles. The van der Waals surface area contributed by atoms with Crippen molar-refractivity contribution in [2.45, 2.75) is 13.3 Å². The van der Waals surface area contributed by atoms with Crippen LogP contribution in [0.25, 0.3) is 16.7 Å². The van der Waals surface area contributed by atoms with Crippen LogP contribution in [-0.4, -0.2) is 52.5 Å². The van der Waals surface area contributed by atoms with Gasteiger partial charge in [-0.05, 0) is 25.1 Å². The molecule has 3 aromatic rings. The maximum atomic E-state index is 14.2. The van der Waals surface area contributed by atoms with Crippen molar-refractivity contribution < 1.29 is 4.39 Å². The molecule has 5 nitrogen and oxygen atoms in total. The minimum atomic E-state index is -0.184. The highest BCUT2D eigenvalue weighted by atomic mass is 19.1. The first-order valence-corrected chi connectivity index (χ1v) is 8.06. The Balaban J connectivity index is 1.92. The van der Waals surface area contributed by atoms with Gasteiger partial charge in [0.25, 0.3) is 0 Å². The van der Waals surface area contributed by atoms with E-state index in [4.69, 9.17) is 4.98 Å². The smallest absolute Gasteiger partial charge is 0.180 e. The molecule has 2 aromatic heterocycles. The Morgan fingerprint density at radius 2 is 1.96 bits per heavy atom. The summed E-state index contributed by atoms with van der Waals surface area (Å²) in [6.07, 6.45) is 4.37. The maximum absolute atomic E-state index is 14.2. The summed E-state index contributed by atoms with van der Waals surface area (Å²) in [6.45, 7) is 5.77. The second-order valence-corrected chi connectivity index (χ2v) is 6.13. The molecule has 3 heterocycles. The lowest BCUT2D eigenvalue weighted by Crippen LogP contribution is -2.45. The second-order valence-electron chi connectivity index (χ2n) is 6.13. The number of rotatable bonds is 2. The zero-order valence-electron chi connectivity index (χ0n) is 13.5. The molecule has 4 rings (SSSR count). The van der Waals surface area contributed by atoms with Gasteiger partial charge in [0.05, 0.1) is 11.0 Å². The molecule has 0 amide bonds. The number of hydrogen-bond donors (Lipinski definition) is 0. The zero-order chi connectivity index (χ0) is 16.0. The van der Waals surface area contributed by atoms with Crippen molar-refractivity contribution in [3.63, 3.8) is 0 Å². The molecule has 0 radical (unpaired) electrons. The van der Waals surface area contributed by atoms with Gasteiger partial charge >= 0.3 is 0 Å². The van der Waals surface area contributed by atoms with Crippen LogP contribution in [0, 0.1) is 5.82 Å². The van der Waals surface area contributed by atoms with Crippen molar-refractivity contribution in [1.29, 1.82) is 0 Å². The van der Waals surface area contributed by atoms with Crippen LogP contribution in [0.3, 0.4) is 0 Å². The molecule has 0 unspecified atom stereocenters. The van der Waals surface area contributed by atoms with Gasteiger partial charge in [-0.2, -0.15) is 0 Å². The predicted molar refractivity (Wildman–Crippen MR) is 89.5 cm³/mol. The molecule has 1 saturated heterocycles. The summed E-state index contributed by atoms with van der Waals surface area (Å²) < 4.78 is 16.2. The number of piperazine rings is 1. The van der Waals surface area contributed by atoms with E-state index in [1.165, 1.54) is 0 Å². The van der Waals surface area contributed by atoms with Crippen LogP contribution in [-0.2, 0) is 6.42 Å². The average molecular weight is 313 g/mol. The third kappa shape index (κ3) is 2.34. The molecule has 0 atom stereocenters. The summed E-state index contributed by atoms with van der Waals surface area (Å²) in [5.41, 5.74) is 3.14. The third-order valence-corrected chi connectivity index (χ3v) is 4.65. The van der Waals surface area contributed by atoms with Gasteiger partial charge in [-0.25, -0.2) is 14.4 Å². The summed E-state index contributed by atoms with van der Waals surface area (Å²) >= 11 is 0. The molecule has 1 fully saturated rings. The number of halogens is 1. The summed E-state index contributed by atoms with van der Waals surface area (Å²) in [5, 5.41) is 0. The van der Waals surface area contributed by atoms with Gasteiger partial charge in [-0.15, -0.1) is 0 Å². The molecule has 120 valence electrons. The van der Waals surface area contributed by atoms with E-state index in [1.807, 2.05) is 23.6 Å². The lowest BCUT2D eigenvalue weighted by atomic mass is 10.1. The first kappa shape index (κ1) is 14.4. The number of anilines is 1. The van der Waals surface area contributed by atoms with Crippen molar-refractivity contribution in [2.24, 2.45) is 0 Å². The molecular weight excluding hydrogens is 293 g/mol. The van der Waals surface area contributed by atoms with E-state index >= 15 is 0 Å². The van der Waals surface area contributed by atoms with Crippen LogP contribution in [0.1, 0.15) is 12.5 Å². The maximum Gasteiger partial charge on any atom is 0.180 e. The number of hydrogen-bond acceptors (Lipinski definition) is 4. The van der Waals surface area contributed by atoms with Gasteiger partial charge in [0.15, 0.2) is 11.5 Å². The number of benzene rings is 1. The highest BCUT2D eigenvalue weighted by Gasteiger charge is 2.20. The minimum Gasteiger partial charge on any atom is -0.351 e. The Morgan fingerprint density at radius 3 is 2.70 bits per heavy atom. The van der Waals surface area contributed by atoms with E-state index in [0.717, 1.165) is 43.2 Å². The highest BCUT2D eigenvalue weighted by Crippen LogP contribution is 2.26. The zero-order valence-corrected chi connectivity index (χ0v) is 13.5. The molecule has 23 heavy (non-hydrogen) atoms. The third-order valence-electron chi connectivity index (χ3n) is 4.65. The molecule has 1 aliphatic rings. The van der Waals surface area contributed by atoms with Gasteiger partial charge in [0, 0.05) is 44.6 Å². The summed E-state index contributed by atoms with van der Waals surface area (Å²) in [5.74, 6) is 0.663. The van der Waals surface area contributed by atoms with E-state index in [9.17, 15) is 4.39 Å². The Labute approximate surface area is 134 Å². The van der Waals surface area contributed by atoms with Crippen LogP contribution in [0.4, 0.5) is 10.2 Å². The largest absolute Gasteiger partial charge is 0.351 e. The van der Waals surface area contributed by atoms with Gasteiger partial charge in [-0.3, -0.25) is 4.40 Å². The standard InChI is InChI=1S/C17H20FN5/c1-3-12-10-15-14(11-13(12)18)20-17(16-19-4-5-23(15)16)22-8-6-21(2)7-9-22/h4-5,10-11H,3,6-9H2,1-2H3. The molecule has 6 heteroatoms. The Hall–Kier alpha value is -2.21. The number of aryl methyl sites for hydroxylation is 1. The fraction of sp³-hybridized carbons (Fsp3) is 0.412. The second kappa shape index (κ2) is 5.45. The van der Waals surface area contributed by atoms with Crippen LogP contribution in [0.15, 0.2) is 24.5 Å². The van der Waals surface area contributed by atoms with E-state index in [2.05, 4.69) is 21.8 Å². The quantitative estimate of drug-likeness (QED) is 0.728. The van der Waals surface area contributed by atoms with E-state index in [0.29, 0.717) is 17.5 Å². The van der Waals surface area contributed by atoms with Gasteiger partial charge in [0.2, 0.25) is 0 Å². The van der Waals surface area contributed by atoms with Gasteiger partial charge < -0.3 is 9.80 Å². The number of aromatic nitrogens is 3. The SMILES string of the molecule is CCc1cc2c(cc1F)nc(N1CCN(C)CC1)c1nccn12. The normalized spacial score (nSPS) is 16.6. The topological polar surface area (TPSA) is 36.7 Å².